The van der Waals surface area contributed by atoms with E-state index >= 15 is 0 Å². The smallest absolute Gasteiger partial charge is 0.293 e. The summed E-state index contributed by atoms with van der Waals surface area (Å²) in [6.45, 7) is 1.85. The second kappa shape index (κ2) is 8.00. The molecular formula is C19H14Cl2N2O3S. The Labute approximate surface area is 170 Å². The summed E-state index contributed by atoms with van der Waals surface area (Å²) < 4.78 is 5.57. The summed E-state index contributed by atoms with van der Waals surface area (Å²) in [5, 5.41) is 16.1. The molecule has 0 unspecified atom stereocenters. The Morgan fingerprint density at radius 2 is 1.89 bits per heavy atom. The third-order valence-corrected chi connectivity index (χ3v) is 4.41. The van der Waals surface area contributed by atoms with E-state index in [0.717, 1.165) is 5.56 Å². The predicted molar refractivity (Wildman–Crippen MR) is 111 cm³/mol. The fraction of sp³-hybridized carbons (Fsp3) is 0.0526. The van der Waals surface area contributed by atoms with Crippen molar-refractivity contribution in [3.05, 3.63) is 69.9 Å². The van der Waals surface area contributed by atoms with Crippen LogP contribution in [0.2, 0.25) is 10.0 Å². The van der Waals surface area contributed by atoms with Crippen LogP contribution in [0.3, 0.4) is 0 Å². The third-order valence-electron chi connectivity index (χ3n) is 3.65. The number of rotatable bonds is 3. The van der Waals surface area contributed by atoms with E-state index in [-0.39, 0.29) is 16.6 Å². The van der Waals surface area contributed by atoms with Crippen molar-refractivity contribution in [3.8, 4) is 17.1 Å². The number of aromatic hydroxyl groups is 1. The second-order valence-electron chi connectivity index (χ2n) is 5.72. The Morgan fingerprint density at radius 3 is 2.59 bits per heavy atom. The number of hydrogen-bond acceptors (Lipinski definition) is 4. The summed E-state index contributed by atoms with van der Waals surface area (Å²) >= 11 is 17.1. The molecule has 1 aromatic heterocycles. The Kier molecular flexibility index (Phi) is 5.70. The normalized spacial score (nSPS) is 10.5. The van der Waals surface area contributed by atoms with Crippen LogP contribution in [0.5, 0.6) is 5.75 Å². The van der Waals surface area contributed by atoms with Gasteiger partial charge in [0.2, 0.25) is 0 Å². The summed E-state index contributed by atoms with van der Waals surface area (Å²) in [7, 11) is 0. The van der Waals surface area contributed by atoms with Crippen LogP contribution in [0.1, 0.15) is 16.1 Å². The van der Waals surface area contributed by atoms with E-state index in [4.69, 9.17) is 39.8 Å². The molecule has 0 aliphatic heterocycles. The minimum absolute atomic E-state index is 0.0293. The number of amides is 1. The standard InChI is InChI=1S/C19H14Cl2N2O3S/c1-10-2-5-14(15(24)8-10)22-19(27)23-18(25)17-7-6-16(26-17)12-4-3-11(20)9-13(12)21/h2-9,24H,1H3,(H2,22,23,25,27). The van der Waals surface area contributed by atoms with Gasteiger partial charge in [-0.3, -0.25) is 10.1 Å². The summed E-state index contributed by atoms with van der Waals surface area (Å²) in [5.41, 5.74) is 1.90. The highest BCUT2D eigenvalue weighted by atomic mass is 35.5. The number of nitrogens with one attached hydrogen (secondary N) is 2. The van der Waals surface area contributed by atoms with Crippen molar-refractivity contribution >= 4 is 52.1 Å². The van der Waals surface area contributed by atoms with Crippen LogP contribution in [-0.2, 0) is 0 Å². The lowest BCUT2D eigenvalue weighted by molar-refractivity contribution is 0.0951. The maximum absolute atomic E-state index is 12.3. The van der Waals surface area contributed by atoms with Gasteiger partial charge in [0.15, 0.2) is 10.9 Å². The molecule has 8 heteroatoms. The van der Waals surface area contributed by atoms with Gasteiger partial charge in [-0.05, 0) is 67.2 Å². The molecule has 0 atom stereocenters. The Balaban J connectivity index is 1.69. The zero-order valence-corrected chi connectivity index (χ0v) is 16.4. The van der Waals surface area contributed by atoms with Crippen LogP contribution in [-0.4, -0.2) is 16.1 Å². The summed E-state index contributed by atoms with van der Waals surface area (Å²) in [4.78, 5) is 12.3. The molecule has 0 fully saturated rings. The van der Waals surface area contributed by atoms with E-state index < -0.39 is 5.91 Å². The van der Waals surface area contributed by atoms with Crippen molar-refractivity contribution in [1.82, 2.24) is 5.32 Å². The monoisotopic (exact) mass is 420 g/mol. The lowest BCUT2D eigenvalue weighted by Crippen LogP contribution is -2.33. The average molecular weight is 421 g/mol. The molecule has 1 amide bonds. The van der Waals surface area contributed by atoms with E-state index in [1.165, 1.54) is 6.07 Å². The largest absolute Gasteiger partial charge is 0.506 e. The van der Waals surface area contributed by atoms with Gasteiger partial charge in [-0.15, -0.1) is 0 Å². The van der Waals surface area contributed by atoms with E-state index in [2.05, 4.69) is 10.6 Å². The molecule has 27 heavy (non-hydrogen) atoms. The van der Waals surface area contributed by atoms with Crippen molar-refractivity contribution < 1.29 is 14.3 Å². The maximum atomic E-state index is 12.3. The Hall–Kier alpha value is -2.54. The van der Waals surface area contributed by atoms with E-state index in [0.29, 0.717) is 27.1 Å². The molecule has 0 aliphatic carbocycles. The molecule has 2 aromatic carbocycles. The van der Waals surface area contributed by atoms with Gasteiger partial charge < -0.3 is 14.8 Å². The van der Waals surface area contributed by atoms with Crippen molar-refractivity contribution in [2.75, 3.05) is 5.32 Å². The van der Waals surface area contributed by atoms with Crippen molar-refractivity contribution in [2.24, 2.45) is 0 Å². The molecule has 0 radical (unpaired) electrons. The molecule has 138 valence electrons. The zero-order valence-electron chi connectivity index (χ0n) is 14.0. The zero-order chi connectivity index (χ0) is 19.6. The summed E-state index contributed by atoms with van der Waals surface area (Å²) in [6, 6.07) is 13.2. The van der Waals surface area contributed by atoms with Gasteiger partial charge in [-0.25, -0.2) is 0 Å². The Morgan fingerprint density at radius 1 is 1.11 bits per heavy atom. The number of halogens is 2. The number of aryl methyl sites for hydroxylation is 1. The van der Waals surface area contributed by atoms with Crippen LogP contribution >= 0.6 is 35.4 Å². The highest BCUT2D eigenvalue weighted by Crippen LogP contribution is 2.31. The molecule has 3 aromatic rings. The quantitative estimate of drug-likeness (QED) is 0.390. The van der Waals surface area contributed by atoms with Crippen LogP contribution in [0, 0.1) is 6.92 Å². The van der Waals surface area contributed by atoms with Crippen LogP contribution in [0.4, 0.5) is 5.69 Å². The molecule has 0 bridgehead atoms. The highest BCUT2D eigenvalue weighted by molar-refractivity contribution is 7.80. The van der Waals surface area contributed by atoms with Gasteiger partial charge in [-0.1, -0.05) is 29.3 Å². The maximum Gasteiger partial charge on any atom is 0.293 e. The van der Waals surface area contributed by atoms with Crippen LogP contribution < -0.4 is 10.6 Å². The Bertz CT molecular complexity index is 1030. The van der Waals surface area contributed by atoms with Gasteiger partial charge in [0, 0.05) is 10.6 Å². The number of thiocarbonyl (C=S) groups is 1. The van der Waals surface area contributed by atoms with Crippen LogP contribution in [0.25, 0.3) is 11.3 Å². The lowest BCUT2D eigenvalue weighted by Gasteiger charge is -2.10. The first-order valence-corrected chi connectivity index (χ1v) is 8.97. The molecule has 5 nitrogen and oxygen atoms in total. The van der Waals surface area contributed by atoms with Gasteiger partial charge in [0.25, 0.3) is 5.91 Å². The fourth-order valence-corrected chi connectivity index (χ4v) is 3.06. The van der Waals surface area contributed by atoms with Crippen molar-refractivity contribution in [1.29, 1.82) is 0 Å². The van der Waals surface area contributed by atoms with Crippen LogP contribution in [0.15, 0.2) is 52.9 Å². The fourth-order valence-electron chi connectivity index (χ4n) is 2.36. The number of benzene rings is 2. The summed E-state index contributed by atoms with van der Waals surface area (Å²) in [5.74, 6) is -0.00938. The first kappa shape index (κ1) is 19.2. The number of hydrogen-bond donors (Lipinski definition) is 3. The molecule has 0 saturated heterocycles. The number of phenolic OH excluding ortho intramolecular Hbond substituents is 1. The van der Waals surface area contributed by atoms with E-state index in [1.54, 1.807) is 42.5 Å². The SMILES string of the molecule is Cc1ccc(NC(=S)NC(=O)c2ccc(-c3ccc(Cl)cc3Cl)o2)c(O)c1. The minimum atomic E-state index is -0.532. The number of furan rings is 1. The molecular weight excluding hydrogens is 407 g/mol. The second-order valence-corrected chi connectivity index (χ2v) is 6.97. The molecule has 0 saturated carbocycles. The third kappa shape index (κ3) is 4.60. The topological polar surface area (TPSA) is 74.5 Å². The molecule has 1 heterocycles. The van der Waals surface area contributed by atoms with Gasteiger partial charge in [0.05, 0.1) is 10.7 Å². The molecule has 3 rings (SSSR count). The summed E-state index contributed by atoms with van der Waals surface area (Å²) in [6.07, 6.45) is 0. The lowest BCUT2D eigenvalue weighted by atomic mass is 10.2. The van der Waals surface area contributed by atoms with Crippen molar-refractivity contribution in [2.45, 2.75) is 6.92 Å². The van der Waals surface area contributed by atoms with E-state index in [1.807, 2.05) is 6.92 Å². The average Bonchev–Trinajstić information content (AvgIpc) is 3.07. The molecule has 3 N–H and O–H groups in total. The number of phenols is 1. The van der Waals surface area contributed by atoms with E-state index in [9.17, 15) is 9.90 Å². The van der Waals surface area contributed by atoms with Gasteiger partial charge >= 0.3 is 0 Å². The number of anilines is 1. The molecule has 0 spiro atoms. The predicted octanol–water partition coefficient (Wildman–Crippen LogP) is 5.39. The van der Waals surface area contributed by atoms with Gasteiger partial charge in [-0.2, -0.15) is 0 Å². The number of carbonyl (C=O) groups excluding carboxylic acids is 1. The number of carbonyl (C=O) groups is 1. The first-order valence-electron chi connectivity index (χ1n) is 7.80. The minimum Gasteiger partial charge on any atom is -0.506 e. The highest BCUT2D eigenvalue weighted by Gasteiger charge is 2.16. The van der Waals surface area contributed by atoms with Gasteiger partial charge in [0.1, 0.15) is 11.5 Å². The molecule has 0 aliphatic rings. The first-order chi connectivity index (χ1) is 12.8. The van der Waals surface area contributed by atoms with Crippen molar-refractivity contribution in [3.63, 3.8) is 0 Å².